The van der Waals surface area contributed by atoms with Crippen LogP contribution in [0.15, 0.2) is 22.7 Å². The summed E-state index contributed by atoms with van der Waals surface area (Å²) in [4.78, 5) is 12.7. The molecule has 0 heterocycles. The van der Waals surface area contributed by atoms with Crippen molar-refractivity contribution in [3.63, 3.8) is 0 Å². The normalized spacial score (nSPS) is 10.3. The first-order chi connectivity index (χ1) is 8.04. The van der Waals surface area contributed by atoms with E-state index in [1.54, 1.807) is 0 Å². The number of aryl methyl sites for hydroxylation is 1. The molecule has 94 valence electrons. The molecule has 4 heteroatoms. The monoisotopic (exact) mass is 299 g/mol. The Labute approximate surface area is 111 Å². The molecular formula is C13H18BrNO2. The zero-order valence-corrected chi connectivity index (χ0v) is 11.8. The van der Waals surface area contributed by atoms with Crippen LogP contribution in [0, 0.1) is 6.92 Å². The summed E-state index contributed by atoms with van der Waals surface area (Å²) in [6.07, 6.45) is 1.18. The fourth-order valence-corrected chi connectivity index (χ4v) is 2.02. The number of hydrogen-bond acceptors (Lipinski definition) is 2. The summed E-state index contributed by atoms with van der Waals surface area (Å²) >= 11 is 3.50. The molecule has 1 rings (SSSR count). The van der Waals surface area contributed by atoms with Gasteiger partial charge in [-0.1, -0.05) is 28.9 Å². The molecule has 1 aromatic carbocycles. The van der Waals surface area contributed by atoms with Crippen LogP contribution >= 0.6 is 15.9 Å². The molecule has 0 radical (unpaired) electrons. The molecule has 0 spiro atoms. The van der Waals surface area contributed by atoms with Crippen LogP contribution in [0.3, 0.4) is 0 Å². The lowest BCUT2D eigenvalue weighted by molar-refractivity contribution is -0.136. The molecule has 0 aromatic heterocycles. The molecule has 1 N–H and O–H groups in total. The van der Waals surface area contributed by atoms with Gasteiger partial charge < -0.3 is 10.0 Å². The van der Waals surface area contributed by atoms with Gasteiger partial charge in [0.1, 0.15) is 0 Å². The molecule has 0 aliphatic rings. The minimum Gasteiger partial charge on any atom is -0.481 e. The van der Waals surface area contributed by atoms with E-state index in [1.165, 1.54) is 5.56 Å². The van der Waals surface area contributed by atoms with Gasteiger partial charge in [-0.15, -0.1) is 0 Å². The summed E-state index contributed by atoms with van der Waals surface area (Å²) < 4.78 is 1.06. The number of benzene rings is 1. The maximum Gasteiger partial charge on any atom is 0.305 e. The van der Waals surface area contributed by atoms with Gasteiger partial charge in [-0.3, -0.25) is 4.79 Å². The molecule has 0 bridgehead atoms. The quantitative estimate of drug-likeness (QED) is 0.875. The van der Waals surface area contributed by atoms with Crippen LogP contribution in [0.25, 0.3) is 0 Å². The average Bonchev–Trinajstić information content (AvgIpc) is 2.28. The highest BCUT2D eigenvalue weighted by molar-refractivity contribution is 9.10. The van der Waals surface area contributed by atoms with Crippen molar-refractivity contribution in [2.24, 2.45) is 0 Å². The number of carboxylic acids is 1. The van der Waals surface area contributed by atoms with Crippen molar-refractivity contribution in [3.8, 4) is 0 Å². The van der Waals surface area contributed by atoms with Crippen molar-refractivity contribution in [1.82, 2.24) is 0 Å². The minimum atomic E-state index is -0.753. The van der Waals surface area contributed by atoms with Crippen LogP contribution < -0.4 is 4.90 Å². The van der Waals surface area contributed by atoms with Gasteiger partial charge in [0.15, 0.2) is 0 Å². The molecule has 3 nitrogen and oxygen atoms in total. The van der Waals surface area contributed by atoms with Gasteiger partial charge in [-0.25, -0.2) is 0 Å². The zero-order valence-electron chi connectivity index (χ0n) is 10.2. The third-order valence-electron chi connectivity index (χ3n) is 2.61. The molecule has 0 fully saturated rings. The third-order valence-corrected chi connectivity index (χ3v) is 3.46. The number of nitrogens with zero attached hydrogens (tertiary/aromatic N) is 1. The Bertz CT molecular complexity index is 393. The van der Waals surface area contributed by atoms with Gasteiger partial charge in [0.05, 0.1) is 6.42 Å². The van der Waals surface area contributed by atoms with Crippen molar-refractivity contribution >= 4 is 27.6 Å². The smallest absolute Gasteiger partial charge is 0.305 e. The molecular weight excluding hydrogens is 282 g/mol. The maximum atomic E-state index is 10.6. The Kier molecular flexibility index (Phi) is 5.48. The highest BCUT2D eigenvalue weighted by atomic mass is 79.9. The van der Waals surface area contributed by atoms with E-state index >= 15 is 0 Å². The Morgan fingerprint density at radius 2 is 2.12 bits per heavy atom. The van der Waals surface area contributed by atoms with E-state index in [2.05, 4.69) is 27.8 Å². The summed E-state index contributed by atoms with van der Waals surface area (Å²) in [6, 6.07) is 6.13. The van der Waals surface area contributed by atoms with E-state index in [0.29, 0.717) is 6.54 Å². The van der Waals surface area contributed by atoms with E-state index < -0.39 is 5.97 Å². The molecule has 0 saturated heterocycles. The number of rotatable bonds is 6. The van der Waals surface area contributed by atoms with Gasteiger partial charge in [-0.05, 0) is 31.0 Å². The molecule has 0 unspecified atom stereocenters. The molecule has 0 aliphatic heterocycles. The number of halogens is 1. The maximum absolute atomic E-state index is 10.6. The Balaban J connectivity index is 2.81. The Hall–Kier alpha value is -1.03. The number of carboxylic acid groups (broad SMARTS) is 1. The van der Waals surface area contributed by atoms with E-state index in [1.807, 2.05) is 25.1 Å². The lowest BCUT2D eigenvalue weighted by atomic mass is 10.2. The van der Waals surface area contributed by atoms with Crippen molar-refractivity contribution in [1.29, 1.82) is 0 Å². The first-order valence-electron chi connectivity index (χ1n) is 5.77. The van der Waals surface area contributed by atoms with Gasteiger partial charge in [0, 0.05) is 23.2 Å². The van der Waals surface area contributed by atoms with Crippen LogP contribution in [0.5, 0.6) is 0 Å². The largest absolute Gasteiger partial charge is 0.481 e. The SMILES string of the molecule is CCCN(CCC(=O)O)c1ccc(C)c(Br)c1. The van der Waals surface area contributed by atoms with Crippen LogP contribution in [-0.2, 0) is 4.79 Å². The van der Waals surface area contributed by atoms with Gasteiger partial charge in [0.2, 0.25) is 0 Å². The van der Waals surface area contributed by atoms with Crippen molar-refractivity contribution in [2.75, 3.05) is 18.0 Å². The summed E-state index contributed by atoms with van der Waals surface area (Å²) in [5.41, 5.74) is 2.26. The van der Waals surface area contributed by atoms with Gasteiger partial charge in [-0.2, -0.15) is 0 Å². The number of carbonyl (C=O) groups is 1. The average molecular weight is 300 g/mol. The molecule has 0 atom stereocenters. The predicted molar refractivity (Wildman–Crippen MR) is 73.6 cm³/mol. The van der Waals surface area contributed by atoms with E-state index in [0.717, 1.165) is 23.1 Å². The summed E-state index contributed by atoms with van der Waals surface area (Å²) in [7, 11) is 0. The van der Waals surface area contributed by atoms with Crippen LogP contribution in [0.2, 0.25) is 0 Å². The summed E-state index contributed by atoms with van der Waals surface area (Å²) in [5, 5.41) is 8.74. The second-order valence-electron chi connectivity index (χ2n) is 4.06. The first-order valence-corrected chi connectivity index (χ1v) is 6.56. The highest BCUT2D eigenvalue weighted by Gasteiger charge is 2.08. The molecule has 17 heavy (non-hydrogen) atoms. The van der Waals surface area contributed by atoms with Crippen molar-refractivity contribution in [2.45, 2.75) is 26.7 Å². The second-order valence-corrected chi connectivity index (χ2v) is 4.92. The molecule has 0 saturated carbocycles. The molecule has 0 aliphatic carbocycles. The molecule has 1 aromatic rings. The van der Waals surface area contributed by atoms with Crippen molar-refractivity contribution < 1.29 is 9.90 Å². The summed E-state index contributed by atoms with van der Waals surface area (Å²) in [6.45, 7) is 5.56. The second kappa shape index (κ2) is 6.64. The number of anilines is 1. The van der Waals surface area contributed by atoms with Crippen LogP contribution in [0.4, 0.5) is 5.69 Å². The minimum absolute atomic E-state index is 0.172. The number of aliphatic carboxylic acids is 1. The Morgan fingerprint density at radius 3 is 2.65 bits per heavy atom. The first kappa shape index (κ1) is 14.0. The van der Waals surface area contributed by atoms with Crippen molar-refractivity contribution in [3.05, 3.63) is 28.2 Å². The lowest BCUT2D eigenvalue weighted by Crippen LogP contribution is -2.26. The summed E-state index contributed by atoms with van der Waals surface area (Å²) in [5.74, 6) is -0.753. The van der Waals surface area contributed by atoms with Crippen LogP contribution in [0.1, 0.15) is 25.3 Å². The van der Waals surface area contributed by atoms with E-state index in [-0.39, 0.29) is 6.42 Å². The predicted octanol–water partition coefficient (Wildman–Crippen LogP) is 3.45. The zero-order chi connectivity index (χ0) is 12.8. The third kappa shape index (κ3) is 4.38. The topological polar surface area (TPSA) is 40.5 Å². The highest BCUT2D eigenvalue weighted by Crippen LogP contribution is 2.23. The van der Waals surface area contributed by atoms with E-state index in [4.69, 9.17) is 5.11 Å². The number of hydrogen-bond donors (Lipinski definition) is 1. The fourth-order valence-electron chi connectivity index (χ4n) is 1.65. The van der Waals surface area contributed by atoms with E-state index in [9.17, 15) is 4.79 Å². The standard InChI is InChI=1S/C13H18BrNO2/c1-3-7-15(8-6-13(16)17)11-5-4-10(2)12(14)9-11/h4-5,9H,3,6-8H2,1-2H3,(H,16,17). The Morgan fingerprint density at radius 1 is 1.41 bits per heavy atom. The lowest BCUT2D eigenvalue weighted by Gasteiger charge is -2.24. The van der Waals surface area contributed by atoms with Gasteiger partial charge in [0.25, 0.3) is 0 Å². The fraction of sp³-hybridized carbons (Fsp3) is 0.462. The molecule has 0 amide bonds. The van der Waals surface area contributed by atoms with Gasteiger partial charge >= 0.3 is 5.97 Å². The van der Waals surface area contributed by atoms with Crippen LogP contribution in [-0.4, -0.2) is 24.2 Å².